The van der Waals surface area contributed by atoms with Gasteiger partial charge in [-0.3, -0.25) is 4.99 Å². The third-order valence-corrected chi connectivity index (χ3v) is 6.36. The lowest BCUT2D eigenvalue weighted by Crippen LogP contribution is -2.15. The van der Waals surface area contributed by atoms with E-state index in [2.05, 4.69) is 27.1 Å². The highest BCUT2D eigenvalue weighted by molar-refractivity contribution is 7.12. The van der Waals surface area contributed by atoms with Crippen molar-refractivity contribution < 1.29 is 4.74 Å². The molecule has 0 radical (unpaired) electrons. The maximum atomic E-state index is 6.37. The van der Waals surface area contributed by atoms with Crippen LogP contribution in [0.1, 0.15) is 22.3 Å². The minimum Gasteiger partial charge on any atom is -0.496 e. The van der Waals surface area contributed by atoms with Crippen LogP contribution in [0.15, 0.2) is 83.4 Å². The third-order valence-electron chi connectivity index (χ3n) is 5.46. The van der Waals surface area contributed by atoms with Gasteiger partial charge < -0.3 is 20.4 Å². The fraction of sp³-hybridized carbons (Fsp3) is 0.120. The molecule has 0 bridgehead atoms. The van der Waals surface area contributed by atoms with Crippen molar-refractivity contribution in [2.75, 3.05) is 7.11 Å². The molecule has 0 aliphatic heterocycles. The van der Waals surface area contributed by atoms with E-state index >= 15 is 0 Å². The van der Waals surface area contributed by atoms with Gasteiger partial charge in [-0.05, 0) is 35.2 Å². The van der Waals surface area contributed by atoms with Crippen molar-refractivity contribution in [3.63, 3.8) is 0 Å². The van der Waals surface area contributed by atoms with Crippen LogP contribution in [0, 0.1) is 0 Å². The first-order valence-electron chi connectivity index (χ1n) is 10.3. The predicted octanol–water partition coefficient (Wildman–Crippen LogP) is 5.32. The number of aromatic nitrogens is 3. The lowest BCUT2D eigenvalue weighted by atomic mass is 10.0. The zero-order chi connectivity index (χ0) is 21.9. The molecule has 4 N–H and O–H groups in total. The number of fused-ring (bicyclic) bond motifs is 1. The summed E-state index contributed by atoms with van der Waals surface area (Å²) in [5.74, 6) is 2.06. The lowest BCUT2D eigenvalue weighted by Gasteiger charge is -2.12. The van der Waals surface area contributed by atoms with E-state index in [-0.39, 0.29) is 6.04 Å². The number of thiophene rings is 1. The van der Waals surface area contributed by atoms with E-state index in [0.717, 1.165) is 33.2 Å². The quantitative estimate of drug-likeness (QED) is 0.236. The van der Waals surface area contributed by atoms with Gasteiger partial charge in [-0.2, -0.15) is 0 Å². The number of hydrogen-bond donors (Lipinski definition) is 3. The van der Waals surface area contributed by atoms with Crippen molar-refractivity contribution >= 4 is 28.1 Å². The van der Waals surface area contributed by atoms with Crippen molar-refractivity contribution in [2.45, 2.75) is 12.5 Å². The van der Waals surface area contributed by atoms with Gasteiger partial charge in [-0.15, -0.1) is 11.3 Å². The molecule has 0 saturated carbocycles. The number of nitrogens with zero attached hydrogens (tertiary/aromatic N) is 2. The summed E-state index contributed by atoms with van der Waals surface area (Å²) in [7, 11) is 1.67. The average Bonchev–Trinajstić information content (AvgIpc) is 3.60. The number of imidazole rings is 1. The highest BCUT2D eigenvalue weighted by atomic mass is 32.1. The fourth-order valence-electron chi connectivity index (χ4n) is 3.88. The molecule has 32 heavy (non-hydrogen) atoms. The summed E-state index contributed by atoms with van der Waals surface area (Å²) < 4.78 is 5.52. The maximum absolute atomic E-state index is 6.37. The van der Waals surface area contributed by atoms with Gasteiger partial charge in [0, 0.05) is 29.1 Å². The minimum atomic E-state index is -0.264. The number of rotatable bonds is 7. The third kappa shape index (κ3) is 3.90. The van der Waals surface area contributed by atoms with Gasteiger partial charge >= 0.3 is 0 Å². The second-order valence-electron chi connectivity index (χ2n) is 7.45. The molecule has 0 aliphatic rings. The summed E-state index contributed by atoms with van der Waals surface area (Å²) in [6.07, 6.45) is 4.53. The Morgan fingerprint density at radius 3 is 2.81 bits per heavy atom. The predicted molar refractivity (Wildman–Crippen MR) is 130 cm³/mol. The van der Waals surface area contributed by atoms with E-state index < -0.39 is 0 Å². The second kappa shape index (κ2) is 8.72. The number of methoxy groups -OCH3 is 1. The Kier molecular flexibility index (Phi) is 5.47. The summed E-state index contributed by atoms with van der Waals surface area (Å²) in [5, 5.41) is 3.18. The molecule has 0 amide bonds. The largest absolute Gasteiger partial charge is 0.496 e. The molecule has 2 aromatic carbocycles. The monoisotopic (exact) mass is 441 g/mol. The summed E-state index contributed by atoms with van der Waals surface area (Å²) in [5.41, 5.74) is 10.5. The zero-order valence-corrected chi connectivity index (χ0v) is 18.4. The normalized spacial score (nSPS) is 12.8. The Morgan fingerprint density at radius 1 is 1.12 bits per heavy atom. The fourth-order valence-corrected chi connectivity index (χ4v) is 4.51. The summed E-state index contributed by atoms with van der Waals surface area (Å²) in [6, 6.07) is 19.8. The molecular weight excluding hydrogens is 418 g/mol. The van der Waals surface area contributed by atoms with Gasteiger partial charge in [0.1, 0.15) is 23.5 Å². The molecule has 0 saturated heterocycles. The Morgan fingerprint density at radius 2 is 1.97 bits per heavy atom. The number of hydrogen-bond acceptors (Lipinski definition) is 4. The van der Waals surface area contributed by atoms with Gasteiger partial charge in [-0.25, -0.2) is 4.98 Å². The number of benzene rings is 2. The topological polar surface area (TPSA) is 92.1 Å². The molecule has 0 fully saturated rings. The van der Waals surface area contributed by atoms with Crippen LogP contribution >= 0.6 is 11.3 Å². The van der Waals surface area contributed by atoms with Crippen molar-refractivity contribution in [3.05, 3.63) is 94.7 Å². The first kappa shape index (κ1) is 20.1. The summed E-state index contributed by atoms with van der Waals surface area (Å²) in [6.45, 7) is 0. The lowest BCUT2D eigenvalue weighted by molar-refractivity contribution is 0.416. The van der Waals surface area contributed by atoms with Crippen molar-refractivity contribution in [1.29, 1.82) is 0 Å². The van der Waals surface area contributed by atoms with Crippen molar-refractivity contribution in [3.8, 4) is 17.0 Å². The van der Waals surface area contributed by atoms with E-state index in [1.165, 1.54) is 10.9 Å². The molecule has 3 aromatic heterocycles. The average molecular weight is 442 g/mol. The molecular formula is C25H23N5OS. The van der Waals surface area contributed by atoms with Gasteiger partial charge in [-0.1, -0.05) is 36.4 Å². The Labute approximate surface area is 189 Å². The first-order valence-corrected chi connectivity index (χ1v) is 11.2. The molecule has 0 spiro atoms. The van der Waals surface area contributed by atoms with Crippen LogP contribution in [0.5, 0.6) is 5.75 Å². The molecule has 1 atom stereocenters. The van der Waals surface area contributed by atoms with Gasteiger partial charge in [0.15, 0.2) is 0 Å². The van der Waals surface area contributed by atoms with Crippen LogP contribution in [-0.4, -0.2) is 27.9 Å². The van der Waals surface area contributed by atoms with Gasteiger partial charge in [0.05, 0.1) is 23.9 Å². The molecule has 160 valence electrons. The number of aromatic amines is 2. The molecule has 7 heteroatoms. The number of nitrogens with one attached hydrogen (secondary N) is 2. The first-order chi connectivity index (χ1) is 15.7. The highest BCUT2D eigenvalue weighted by Crippen LogP contribution is 2.31. The van der Waals surface area contributed by atoms with Crippen LogP contribution < -0.4 is 10.5 Å². The number of aliphatic imine (C=N–C) groups is 1. The van der Waals surface area contributed by atoms with Gasteiger partial charge in [0.2, 0.25) is 0 Å². The van der Waals surface area contributed by atoms with E-state index in [1.54, 1.807) is 18.4 Å². The molecule has 6 nitrogen and oxygen atoms in total. The number of ether oxygens (including phenoxy) is 1. The van der Waals surface area contributed by atoms with E-state index in [9.17, 15) is 0 Å². The number of H-pyrrole nitrogens is 2. The second-order valence-corrected chi connectivity index (χ2v) is 8.40. The molecule has 5 aromatic rings. The van der Waals surface area contributed by atoms with Crippen molar-refractivity contribution in [2.24, 2.45) is 10.7 Å². The van der Waals surface area contributed by atoms with E-state index in [1.807, 2.05) is 66.3 Å². The van der Waals surface area contributed by atoms with Crippen molar-refractivity contribution in [1.82, 2.24) is 15.0 Å². The smallest absolute Gasteiger partial charge is 0.136 e. The number of nitrogens with two attached hydrogens (primary N) is 1. The maximum Gasteiger partial charge on any atom is 0.136 e. The van der Waals surface area contributed by atoms with Crippen LogP contribution in [0.2, 0.25) is 0 Å². The summed E-state index contributed by atoms with van der Waals surface area (Å²) in [4.78, 5) is 17.3. The standard InChI is InChI=1S/C25H23N5OS/c1-31-22-10-5-3-8-18(22)21-15-28-25(30-21)20(29-24(26)23-11-6-12-32-23)13-16-14-27-19-9-4-2-7-17(16)19/h2-12,14-15,20,27H,13H2,1H3,(H2,26,29)(H,28,30)/t20-/m1/s1. The SMILES string of the molecule is COc1ccccc1-c1cnc([C@@H](Cc2c[nH]c3ccccc23)N=C(N)c2cccs2)[nH]1. The molecule has 3 heterocycles. The van der Waals surface area contributed by atoms with E-state index in [0.29, 0.717) is 12.3 Å². The number of para-hydroxylation sites is 2. The van der Waals surface area contributed by atoms with Gasteiger partial charge in [0.25, 0.3) is 0 Å². The highest BCUT2D eigenvalue weighted by Gasteiger charge is 2.19. The molecule has 5 rings (SSSR count). The Balaban J connectivity index is 1.54. The molecule has 0 aliphatic carbocycles. The van der Waals surface area contributed by atoms with Crippen LogP contribution in [0.25, 0.3) is 22.2 Å². The zero-order valence-electron chi connectivity index (χ0n) is 17.6. The Hall–Kier alpha value is -3.84. The van der Waals surface area contributed by atoms with Crippen LogP contribution in [0.3, 0.4) is 0 Å². The number of amidine groups is 1. The summed E-state index contributed by atoms with van der Waals surface area (Å²) >= 11 is 1.58. The van der Waals surface area contributed by atoms with Crippen LogP contribution in [0.4, 0.5) is 0 Å². The minimum absolute atomic E-state index is 0.264. The van der Waals surface area contributed by atoms with E-state index in [4.69, 9.17) is 15.5 Å². The molecule has 0 unspecified atom stereocenters. The Bertz CT molecular complexity index is 1370. The van der Waals surface area contributed by atoms with Crippen LogP contribution in [-0.2, 0) is 6.42 Å².